The first kappa shape index (κ1) is 16.2. The molecule has 0 fully saturated rings. The van der Waals surface area contributed by atoms with Crippen LogP contribution in [0.15, 0.2) is 40.5 Å². The molecule has 0 unspecified atom stereocenters. The van der Waals surface area contributed by atoms with Crippen molar-refractivity contribution in [2.45, 2.75) is 6.54 Å². The third-order valence-corrected chi connectivity index (χ3v) is 3.23. The molecule has 106 valence electrons. The minimum atomic E-state index is -0.413. The van der Waals surface area contributed by atoms with E-state index in [0.29, 0.717) is 19.7 Å². The van der Waals surface area contributed by atoms with Crippen molar-refractivity contribution in [2.24, 2.45) is 0 Å². The lowest BCUT2D eigenvalue weighted by Gasteiger charge is -2.06. The van der Waals surface area contributed by atoms with Gasteiger partial charge in [-0.3, -0.25) is 4.79 Å². The van der Waals surface area contributed by atoms with E-state index in [1.54, 1.807) is 7.11 Å². The number of nitrogens with zero attached hydrogens (tertiary/aromatic N) is 1. The van der Waals surface area contributed by atoms with Crippen LogP contribution in [0, 0.1) is 11.3 Å². The fraction of sp³-hybridized carbons (Fsp3) is 0.286. The molecule has 0 heterocycles. The van der Waals surface area contributed by atoms with Crippen molar-refractivity contribution < 1.29 is 9.53 Å². The average Bonchev–Trinajstić information content (AvgIpc) is 2.45. The van der Waals surface area contributed by atoms with E-state index < -0.39 is 5.91 Å². The monoisotopic (exact) mass is 337 g/mol. The number of hydrogen-bond donors (Lipinski definition) is 2. The number of ether oxygens (including phenoxy) is 1. The number of carbonyl (C=O) groups is 1. The molecule has 0 aliphatic carbocycles. The second-order valence-electron chi connectivity index (χ2n) is 3.89. The van der Waals surface area contributed by atoms with Gasteiger partial charge in [0.15, 0.2) is 0 Å². The Morgan fingerprint density at radius 2 is 2.25 bits per heavy atom. The van der Waals surface area contributed by atoms with Gasteiger partial charge < -0.3 is 15.4 Å². The molecule has 0 radical (unpaired) electrons. The number of amides is 1. The van der Waals surface area contributed by atoms with Crippen LogP contribution >= 0.6 is 15.9 Å². The summed E-state index contributed by atoms with van der Waals surface area (Å²) in [5.74, 6) is -0.413. The van der Waals surface area contributed by atoms with E-state index in [2.05, 4.69) is 26.6 Å². The molecular weight excluding hydrogens is 322 g/mol. The molecular formula is C14H16BrN3O2. The Morgan fingerprint density at radius 3 is 2.90 bits per heavy atom. The first-order valence-corrected chi connectivity index (χ1v) is 6.82. The Morgan fingerprint density at radius 1 is 1.50 bits per heavy atom. The van der Waals surface area contributed by atoms with Crippen molar-refractivity contribution in [1.29, 1.82) is 5.26 Å². The number of halogens is 1. The summed E-state index contributed by atoms with van der Waals surface area (Å²) < 4.78 is 5.80. The Balaban J connectivity index is 2.52. The van der Waals surface area contributed by atoms with Crippen LogP contribution in [0.2, 0.25) is 0 Å². The van der Waals surface area contributed by atoms with Gasteiger partial charge in [-0.1, -0.05) is 34.1 Å². The summed E-state index contributed by atoms with van der Waals surface area (Å²) in [6, 6.07) is 9.60. The van der Waals surface area contributed by atoms with E-state index in [1.165, 1.54) is 6.20 Å². The zero-order valence-corrected chi connectivity index (χ0v) is 12.7. The maximum atomic E-state index is 11.7. The predicted octanol–water partition coefficient (Wildman–Crippen LogP) is 1.71. The standard InChI is InChI=1S/C14H16BrN3O2/c1-20-7-6-18-14(19)12(8-16)10-17-9-11-4-2-3-5-13(11)15/h2-5,10,17H,6-7,9H2,1H3,(H,18,19)/b12-10-. The molecule has 0 saturated carbocycles. The zero-order valence-electron chi connectivity index (χ0n) is 11.1. The van der Waals surface area contributed by atoms with Crippen LogP contribution in [0.3, 0.4) is 0 Å². The van der Waals surface area contributed by atoms with Crippen LogP contribution < -0.4 is 10.6 Å². The molecule has 0 aliphatic heterocycles. The van der Waals surface area contributed by atoms with Crippen LogP contribution in [-0.2, 0) is 16.1 Å². The van der Waals surface area contributed by atoms with Gasteiger partial charge in [0.25, 0.3) is 5.91 Å². The normalized spacial score (nSPS) is 10.8. The van der Waals surface area contributed by atoms with Crippen molar-refractivity contribution >= 4 is 21.8 Å². The van der Waals surface area contributed by atoms with Gasteiger partial charge in [0, 0.05) is 30.9 Å². The second kappa shape index (κ2) is 9.13. The Bertz CT molecular complexity index is 523. The molecule has 1 amide bonds. The average molecular weight is 338 g/mol. The summed E-state index contributed by atoms with van der Waals surface area (Å²) >= 11 is 3.43. The highest BCUT2D eigenvalue weighted by Crippen LogP contribution is 2.15. The smallest absolute Gasteiger partial charge is 0.263 e. The topological polar surface area (TPSA) is 74.1 Å². The molecule has 20 heavy (non-hydrogen) atoms. The third-order valence-electron chi connectivity index (χ3n) is 2.45. The third kappa shape index (κ3) is 5.43. The molecule has 5 nitrogen and oxygen atoms in total. The number of benzene rings is 1. The lowest BCUT2D eigenvalue weighted by Crippen LogP contribution is -2.28. The predicted molar refractivity (Wildman–Crippen MR) is 79.6 cm³/mol. The SMILES string of the molecule is COCCNC(=O)/C(C#N)=C\NCc1ccccc1Br. The lowest BCUT2D eigenvalue weighted by atomic mass is 10.2. The lowest BCUT2D eigenvalue weighted by molar-refractivity contribution is -0.117. The van der Waals surface area contributed by atoms with Gasteiger partial charge in [-0.05, 0) is 11.6 Å². The van der Waals surface area contributed by atoms with E-state index in [0.717, 1.165) is 10.0 Å². The molecule has 2 N–H and O–H groups in total. The highest BCUT2D eigenvalue weighted by molar-refractivity contribution is 9.10. The van der Waals surface area contributed by atoms with Gasteiger partial charge in [-0.15, -0.1) is 0 Å². The summed E-state index contributed by atoms with van der Waals surface area (Å²) in [4.78, 5) is 11.7. The van der Waals surface area contributed by atoms with Gasteiger partial charge >= 0.3 is 0 Å². The highest BCUT2D eigenvalue weighted by Gasteiger charge is 2.07. The molecule has 6 heteroatoms. The first-order chi connectivity index (χ1) is 9.69. The maximum Gasteiger partial charge on any atom is 0.263 e. The van der Waals surface area contributed by atoms with Crippen molar-refractivity contribution in [3.05, 3.63) is 46.1 Å². The molecule has 0 bridgehead atoms. The quantitative estimate of drug-likeness (QED) is 0.451. The van der Waals surface area contributed by atoms with Gasteiger partial charge in [0.05, 0.1) is 6.61 Å². The Kier molecular flexibility index (Phi) is 7.40. The van der Waals surface area contributed by atoms with Gasteiger partial charge in [-0.2, -0.15) is 5.26 Å². The fourth-order valence-corrected chi connectivity index (χ4v) is 1.84. The van der Waals surface area contributed by atoms with Crippen molar-refractivity contribution in [2.75, 3.05) is 20.3 Å². The molecule has 0 atom stereocenters. The molecule has 0 aliphatic rings. The van der Waals surface area contributed by atoms with Crippen LogP contribution in [0.1, 0.15) is 5.56 Å². The van der Waals surface area contributed by atoms with Crippen molar-refractivity contribution in [3.63, 3.8) is 0 Å². The summed E-state index contributed by atoms with van der Waals surface area (Å²) in [6.07, 6.45) is 1.42. The van der Waals surface area contributed by atoms with E-state index in [1.807, 2.05) is 30.3 Å². The number of nitriles is 1. The van der Waals surface area contributed by atoms with E-state index in [-0.39, 0.29) is 5.57 Å². The van der Waals surface area contributed by atoms with Crippen LogP contribution in [-0.4, -0.2) is 26.2 Å². The second-order valence-corrected chi connectivity index (χ2v) is 4.75. The van der Waals surface area contributed by atoms with Crippen molar-refractivity contribution in [1.82, 2.24) is 10.6 Å². The number of carbonyl (C=O) groups excluding carboxylic acids is 1. The molecule has 0 saturated heterocycles. The van der Waals surface area contributed by atoms with Crippen LogP contribution in [0.4, 0.5) is 0 Å². The molecule has 1 aromatic rings. The minimum Gasteiger partial charge on any atom is -0.386 e. The van der Waals surface area contributed by atoms with Crippen LogP contribution in [0.25, 0.3) is 0 Å². The minimum absolute atomic E-state index is 0.0353. The van der Waals surface area contributed by atoms with Gasteiger partial charge in [0.1, 0.15) is 11.6 Å². The largest absolute Gasteiger partial charge is 0.386 e. The molecule has 1 rings (SSSR count). The summed E-state index contributed by atoms with van der Waals surface area (Å²) in [7, 11) is 1.55. The summed E-state index contributed by atoms with van der Waals surface area (Å²) in [6.45, 7) is 1.31. The van der Waals surface area contributed by atoms with E-state index in [9.17, 15) is 4.79 Å². The van der Waals surface area contributed by atoms with Crippen molar-refractivity contribution in [3.8, 4) is 6.07 Å². The maximum absolute atomic E-state index is 11.7. The molecule has 0 spiro atoms. The number of nitrogens with one attached hydrogen (secondary N) is 2. The Labute approximate surface area is 126 Å². The Hall–Kier alpha value is -1.84. The highest BCUT2D eigenvalue weighted by atomic mass is 79.9. The first-order valence-electron chi connectivity index (χ1n) is 6.03. The summed E-state index contributed by atoms with van der Waals surface area (Å²) in [5, 5.41) is 14.5. The molecule has 0 aromatic heterocycles. The number of methoxy groups -OCH3 is 1. The summed E-state index contributed by atoms with van der Waals surface area (Å²) in [5.41, 5.74) is 1.08. The van der Waals surface area contributed by atoms with Crippen LogP contribution in [0.5, 0.6) is 0 Å². The zero-order chi connectivity index (χ0) is 14.8. The van der Waals surface area contributed by atoms with Gasteiger partial charge in [0.2, 0.25) is 0 Å². The fourth-order valence-electron chi connectivity index (χ4n) is 1.42. The van der Waals surface area contributed by atoms with Gasteiger partial charge in [-0.25, -0.2) is 0 Å². The van der Waals surface area contributed by atoms with E-state index in [4.69, 9.17) is 10.00 Å². The molecule has 1 aromatic carbocycles. The van der Waals surface area contributed by atoms with E-state index >= 15 is 0 Å². The number of hydrogen-bond acceptors (Lipinski definition) is 4. The number of rotatable bonds is 7.